The zero-order valence-electron chi connectivity index (χ0n) is 11.1. The highest BCUT2D eigenvalue weighted by Gasteiger charge is 2.32. The summed E-state index contributed by atoms with van der Waals surface area (Å²) < 4.78 is 6.00. The molecule has 1 aliphatic heterocycles. The van der Waals surface area contributed by atoms with Crippen molar-refractivity contribution in [2.45, 2.75) is 77.0 Å². The van der Waals surface area contributed by atoms with Crippen LogP contribution in [0.15, 0.2) is 0 Å². The molecule has 2 aliphatic rings. The maximum absolute atomic E-state index is 6.00. The van der Waals surface area contributed by atoms with E-state index < -0.39 is 0 Å². The molecule has 94 valence electrons. The van der Waals surface area contributed by atoms with Crippen LogP contribution in [0.2, 0.25) is 0 Å². The molecule has 0 aromatic heterocycles. The highest BCUT2D eigenvalue weighted by atomic mass is 16.5. The third-order valence-electron chi connectivity index (χ3n) is 4.33. The SMILES string of the molecule is C[C@H](NCC1CCC(C)(C)O1)C1CCCC1. The van der Waals surface area contributed by atoms with Gasteiger partial charge in [-0.2, -0.15) is 0 Å². The third kappa shape index (κ3) is 3.21. The van der Waals surface area contributed by atoms with Crippen molar-refractivity contribution in [3.8, 4) is 0 Å². The van der Waals surface area contributed by atoms with Gasteiger partial charge in [-0.15, -0.1) is 0 Å². The molecule has 0 aromatic carbocycles. The number of hydrogen-bond donors (Lipinski definition) is 1. The Balaban J connectivity index is 1.67. The van der Waals surface area contributed by atoms with E-state index in [4.69, 9.17) is 4.74 Å². The minimum absolute atomic E-state index is 0.114. The van der Waals surface area contributed by atoms with Gasteiger partial charge in [0.1, 0.15) is 0 Å². The first-order valence-corrected chi connectivity index (χ1v) is 6.98. The molecule has 2 atom stereocenters. The summed E-state index contributed by atoms with van der Waals surface area (Å²) in [6.07, 6.45) is 8.58. The Bertz CT molecular complexity index is 219. The quantitative estimate of drug-likeness (QED) is 0.794. The summed E-state index contributed by atoms with van der Waals surface area (Å²) in [5.74, 6) is 0.911. The van der Waals surface area contributed by atoms with Gasteiger partial charge < -0.3 is 10.1 Å². The Kier molecular flexibility index (Phi) is 3.91. The van der Waals surface area contributed by atoms with Crippen LogP contribution in [0.1, 0.15) is 59.3 Å². The lowest BCUT2D eigenvalue weighted by Crippen LogP contribution is -2.38. The van der Waals surface area contributed by atoms with Crippen molar-refractivity contribution < 1.29 is 4.74 Å². The van der Waals surface area contributed by atoms with Crippen molar-refractivity contribution in [3.63, 3.8) is 0 Å². The second kappa shape index (κ2) is 5.05. The van der Waals surface area contributed by atoms with Gasteiger partial charge in [0.05, 0.1) is 11.7 Å². The molecule has 0 radical (unpaired) electrons. The van der Waals surface area contributed by atoms with Gasteiger partial charge in [0.2, 0.25) is 0 Å². The Morgan fingerprint density at radius 3 is 2.50 bits per heavy atom. The van der Waals surface area contributed by atoms with E-state index in [9.17, 15) is 0 Å². The van der Waals surface area contributed by atoms with Gasteiger partial charge in [0.15, 0.2) is 0 Å². The van der Waals surface area contributed by atoms with Gasteiger partial charge >= 0.3 is 0 Å². The highest BCUT2D eigenvalue weighted by Crippen LogP contribution is 2.30. The molecule has 2 rings (SSSR count). The van der Waals surface area contributed by atoms with Gasteiger partial charge in [0, 0.05) is 12.6 Å². The molecule has 0 spiro atoms. The Morgan fingerprint density at radius 1 is 1.25 bits per heavy atom. The van der Waals surface area contributed by atoms with E-state index in [1.807, 2.05) is 0 Å². The lowest BCUT2D eigenvalue weighted by molar-refractivity contribution is -0.0155. The third-order valence-corrected chi connectivity index (χ3v) is 4.33. The molecular weight excluding hydrogens is 198 g/mol. The van der Waals surface area contributed by atoms with Crippen LogP contribution in [-0.2, 0) is 4.74 Å². The minimum Gasteiger partial charge on any atom is -0.371 e. The number of hydrogen-bond acceptors (Lipinski definition) is 2. The van der Waals surface area contributed by atoms with E-state index in [0.717, 1.165) is 12.5 Å². The van der Waals surface area contributed by atoms with Crippen LogP contribution >= 0.6 is 0 Å². The van der Waals surface area contributed by atoms with Crippen molar-refractivity contribution >= 4 is 0 Å². The number of nitrogens with one attached hydrogen (secondary N) is 1. The van der Waals surface area contributed by atoms with E-state index in [1.54, 1.807) is 0 Å². The lowest BCUT2D eigenvalue weighted by atomic mass is 9.99. The van der Waals surface area contributed by atoms with Crippen molar-refractivity contribution in [3.05, 3.63) is 0 Å². The molecule has 1 aliphatic carbocycles. The highest BCUT2D eigenvalue weighted by molar-refractivity contribution is 4.84. The first-order valence-electron chi connectivity index (χ1n) is 6.98. The molecule has 1 heterocycles. The van der Waals surface area contributed by atoms with Crippen LogP contribution in [0.4, 0.5) is 0 Å². The maximum Gasteiger partial charge on any atom is 0.0707 e. The van der Waals surface area contributed by atoms with Crippen molar-refractivity contribution in [2.75, 3.05) is 6.54 Å². The van der Waals surface area contributed by atoms with Crippen molar-refractivity contribution in [1.82, 2.24) is 5.32 Å². The Hall–Kier alpha value is -0.0800. The predicted octanol–water partition coefficient (Wildman–Crippen LogP) is 3.11. The van der Waals surface area contributed by atoms with Crippen LogP contribution in [-0.4, -0.2) is 24.3 Å². The molecule has 0 bridgehead atoms. The fraction of sp³-hybridized carbons (Fsp3) is 1.00. The molecule has 1 saturated heterocycles. The first-order chi connectivity index (χ1) is 7.57. The maximum atomic E-state index is 6.00. The number of rotatable bonds is 4. The van der Waals surface area contributed by atoms with E-state index in [1.165, 1.54) is 38.5 Å². The summed E-state index contributed by atoms with van der Waals surface area (Å²) in [7, 11) is 0. The lowest BCUT2D eigenvalue weighted by Gasteiger charge is -2.24. The van der Waals surface area contributed by atoms with E-state index in [0.29, 0.717) is 12.1 Å². The van der Waals surface area contributed by atoms with Crippen LogP contribution in [0.25, 0.3) is 0 Å². The minimum atomic E-state index is 0.114. The van der Waals surface area contributed by atoms with Crippen LogP contribution in [0.3, 0.4) is 0 Å². The molecular formula is C14H27NO. The molecule has 1 N–H and O–H groups in total. The first kappa shape index (κ1) is 12.4. The summed E-state index contributed by atoms with van der Waals surface area (Å²) in [6.45, 7) is 7.79. The summed E-state index contributed by atoms with van der Waals surface area (Å²) in [5.41, 5.74) is 0.114. The zero-order chi connectivity index (χ0) is 11.6. The van der Waals surface area contributed by atoms with Gasteiger partial charge in [0.25, 0.3) is 0 Å². The van der Waals surface area contributed by atoms with Crippen molar-refractivity contribution in [1.29, 1.82) is 0 Å². The average Bonchev–Trinajstić information content (AvgIpc) is 2.83. The van der Waals surface area contributed by atoms with Gasteiger partial charge in [-0.05, 0) is 52.4 Å². The molecule has 0 aromatic rings. The van der Waals surface area contributed by atoms with Gasteiger partial charge in [-0.1, -0.05) is 12.8 Å². The second-order valence-electron chi connectivity index (χ2n) is 6.28. The molecule has 1 unspecified atom stereocenters. The number of ether oxygens (including phenoxy) is 1. The smallest absolute Gasteiger partial charge is 0.0707 e. The summed E-state index contributed by atoms with van der Waals surface area (Å²) >= 11 is 0. The van der Waals surface area contributed by atoms with Crippen LogP contribution in [0.5, 0.6) is 0 Å². The largest absolute Gasteiger partial charge is 0.371 e. The molecule has 0 amide bonds. The van der Waals surface area contributed by atoms with E-state index in [2.05, 4.69) is 26.1 Å². The molecule has 2 nitrogen and oxygen atoms in total. The molecule has 2 heteroatoms. The second-order valence-corrected chi connectivity index (χ2v) is 6.28. The molecule has 1 saturated carbocycles. The average molecular weight is 225 g/mol. The fourth-order valence-corrected chi connectivity index (χ4v) is 3.16. The standard InChI is InChI=1S/C14H27NO/c1-11(12-6-4-5-7-12)15-10-13-8-9-14(2,3)16-13/h11-13,15H,4-10H2,1-3H3/t11-,13?/m0/s1. The van der Waals surface area contributed by atoms with Crippen molar-refractivity contribution in [2.24, 2.45) is 5.92 Å². The van der Waals surface area contributed by atoms with E-state index >= 15 is 0 Å². The topological polar surface area (TPSA) is 21.3 Å². The zero-order valence-corrected chi connectivity index (χ0v) is 11.1. The Labute approximate surface area is 100 Å². The summed E-state index contributed by atoms with van der Waals surface area (Å²) in [5, 5.41) is 3.68. The van der Waals surface area contributed by atoms with Gasteiger partial charge in [-0.3, -0.25) is 0 Å². The normalized spacial score (nSPS) is 32.1. The van der Waals surface area contributed by atoms with E-state index in [-0.39, 0.29) is 5.60 Å². The van der Waals surface area contributed by atoms with Crippen LogP contribution < -0.4 is 5.32 Å². The molecule has 16 heavy (non-hydrogen) atoms. The predicted molar refractivity (Wildman–Crippen MR) is 67.6 cm³/mol. The van der Waals surface area contributed by atoms with Gasteiger partial charge in [-0.25, -0.2) is 0 Å². The Morgan fingerprint density at radius 2 is 1.94 bits per heavy atom. The summed E-state index contributed by atoms with van der Waals surface area (Å²) in [4.78, 5) is 0. The molecule has 2 fully saturated rings. The van der Waals surface area contributed by atoms with Crippen LogP contribution in [0, 0.1) is 5.92 Å². The fourth-order valence-electron chi connectivity index (χ4n) is 3.16. The monoisotopic (exact) mass is 225 g/mol. The summed E-state index contributed by atoms with van der Waals surface area (Å²) in [6, 6.07) is 0.676.